The zero-order chi connectivity index (χ0) is 15.5. The van der Waals surface area contributed by atoms with E-state index in [-0.39, 0.29) is 5.56 Å². The van der Waals surface area contributed by atoms with Crippen LogP contribution in [0.3, 0.4) is 0 Å². The molecule has 0 aliphatic heterocycles. The highest BCUT2D eigenvalue weighted by Crippen LogP contribution is 2.28. The second-order valence-electron chi connectivity index (χ2n) is 5.06. The van der Waals surface area contributed by atoms with Crippen molar-refractivity contribution in [2.45, 2.75) is 38.5 Å². The summed E-state index contributed by atoms with van der Waals surface area (Å²) in [7, 11) is -3.42. The van der Waals surface area contributed by atoms with E-state index in [9.17, 15) is 17.2 Å². The van der Waals surface area contributed by atoms with Gasteiger partial charge in [0, 0.05) is 11.8 Å². The third kappa shape index (κ3) is 3.76. The fraction of sp³-hybridized carbons (Fsp3) is 0.571. The first-order valence-corrected chi connectivity index (χ1v) is 8.52. The van der Waals surface area contributed by atoms with Crippen molar-refractivity contribution in [3.63, 3.8) is 0 Å². The van der Waals surface area contributed by atoms with Crippen molar-refractivity contribution in [2.75, 3.05) is 12.8 Å². The summed E-state index contributed by atoms with van der Waals surface area (Å²) in [5, 5.41) is 2.02. The third-order valence-electron chi connectivity index (χ3n) is 3.39. The maximum absolute atomic E-state index is 14.2. The molecular formula is C14H21F2NO2S. The Labute approximate surface area is 119 Å². The number of halogens is 2. The molecule has 2 atom stereocenters. The molecule has 0 spiro atoms. The van der Waals surface area contributed by atoms with Crippen molar-refractivity contribution in [1.82, 2.24) is 5.32 Å². The summed E-state index contributed by atoms with van der Waals surface area (Å²) in [6.45, 7) is 5.37. The van der Waals surface area contributed by atoms with Crippen LogP contribution in [0.1, 0.15) is 37.4 Å². The summed E-state index contributed by atoms with van der Waals surface area (Å²) in [6, 6.07) is 1.62. The highest BCUT2D eigenvalue weighted by molar-refractivity contribution is 7.91. The van der Waals surface area contributed by atoms with Gasteiger partial charge in [-0.1, -0.05) is 13.0 Å². The molecule has 0 aromatic heterocycles. The van der Waals surface area contributed by atoms with Gasteiger partial charge in [-0.3, -0.25) is 0 Å². The molecule has 0 radical (unpaired) electrons. The molecule has 0 heterocycles. The molecule has 1 rings (SSSR count). The van der Waals surface area contributed by atoms with Gasteiger partial charge in [-0.15, -0.1) is 0 Å². The van der Waals surface area contributed by atoms with Gasteiger partial charge in [0.2, 0.25) is 0 Å². The van der Waals surface area contributed by atoms with Crippen LogP contribution in [0.15, 0.2) is 12.1 Å². The van der Waals surface area contributed by atoms with Crippen LogP contribution in [-0.2, 0) is 9.84 Å². The highest BCUT2D eigenvalue weighted by atomic mass is 32.2. The fourth-order valence-corrected chi connectivity index (χ4v) is 2.74. The Balaban J connectivity index is 3.35. The predicted octanol–water partition coefficient (Wildman–Crippen LogP) is 2.75. The van der Waals surface area contributed by atoms with Crippen molar-refractivity contribution in [1.29, 1.82) is 0 Å². The molecule has 0 saturated carbocycles. The van der Waals surface area contributed by atoms with Gasteiger partial charge >= 0.3 is 0 Å². The van der Waals surface area contributed by atoms with Crippen LogP contribution < -0.4 is 5.32 Å². The van der Waals surface area contributed by atoms with Gasteiger partial charge in [0.1, 0.15) is 11.6 Å². The quantitative estimate of drug-likeness (QED) is 0.879. The number of hydrogen-bond acceptors (Lipinski definition) is 3. The number of sulfone groups is 1. The minimum absolute atomic E-state index is 0.198. The van der Waals surface area contributed by atoms with E-state index in [1.807, 2.05) is 6.92 Å². The molecule has 2 unspecified atom stereocenters. The van der Waals surface area contributed by atoms with E-state index < -0.39 is 32.8 Å². The molecule has 0 aliphatic rings. The van der Waals surface area contributed by atoms with Crippen molar-refractivity contribution in [2.24, 2.45) is 0 Å². The summed E-state index contributed by atoms with van der Waals surface area (Å²) in [5.74, 6) is -1.41. The van der Waals surface area contributed by atoms with E-state index in [4.69, 9.17) is 0 Å². The first kappa shape index (κ1) is 17.0. The Morgan fingerprint density at radius 3 is 2.40 bits per heavy atom. The minimum atomic E-state index is -3.42. The monoisotopic (exact) mass is 305 g/mol. The summed E-state index contributed by atoms with van der Waals surface area (Å²) in [6.07, 6.45) is 1.81. The molecule has 6 heteroatoms. The number of aryl methyl sites for hydroxylation is 1. The molecule has 20 heavy (non-hydrogen) atoms. The lowest BCUT2D eigenvalue weighted by atomic mass is 10.00. The molecular weight excluding hydrogens is 284 g/mol. The van der Waals surface area contributed by atoms with Gasteiger partial charge in [0.05, 0.1) is 11.3 Å². The summed E-state index contributed by atoms with van der Waals surface area (Å²) in [5.41, 5.74) is 0.0989. The molecule has 0 amide bonds. The van der Waals surface area contributed by atoms with E-state index in [0.717, 1.165) is 12.7 Å². The minimum Gasteiger partial charge on any atom is -0.309 e. The zero-order valence-electron chi connectivity index (χ0n) is 12.2. The van der Waals surface area contributed by atoms with Crippen LogP contribution in [0.2, 0.25) is 0 Å². The lowest BCUT2D eigenvalue weighted by Crippen LogP contribution is -2.36. The second-order valence-corrected chi connectivity index (χ2v) is 7.46. The van der Waals surface area contributed by atoms with Crippen LogP contribution in [-0.4, -0.2) is 26.5 Å². The maximum Gasteiger partial charge on any atom is 0.151 e. The predicted molar refractivity (Wildman–Crippen MR) is 76.4 cm³/mol. The van der Waals surface area contributed by atoms with Crippen molar-refractivity contribution in [3.05, 3.63) is 34.9 Å². The Kier molecular flexibility index (Phi) is 5.65. The van der Waals surface area contributed by atoms with Crippen molar-refractivity contribution >= 4 is 9.84 Å². The molecule has 3 nitrogen and oxygen atoms in total. The highest BCUT2D eigenvalue weighted by Gasteiger charge is 2.31. The molecule has 0 aliphatic carbocycles. The smallest absolute Gasteiger partial charge is 0.151 e. The van der Waals surface area contributed by atoms with E-state index in [0.29, 0.717) is 12.1 Å². The van der Waals surface area contributed by atoms with E-state index >= 15 is 0 Å². The van der Waals surface area contributed by atoms with Gasteiger partial charge in [-0.25, -0.2) is 17.2 Å². The summed E-state index contributed by atoms with van der Waals surface area (Å²) in [4.78, 5) is 0. The number of benzene rings is 1. The van der Waals surface area contributed by atoms with Gasteiger partial charge < -0.3 is 5.32 Å². The largest absolute Gasteiger partial charge is 0.309 e. The Hall–Kier alpha value is -1.01. The first-order valence-electron chi connectivity index (χ1n) is 6.56. The standard InChI is InChI=1S/C14H21F2NO2S/c1-5-8-17-14(10(3)20(4,18)19)12-11(15)7-6-9(2)13(12)16/h6-7,10,14,17H,5,8H2,1-4H3. The molecule has 1 aromatic carbocycles. The number of hydrogen-bond donors (Lipinski definition) is 1. The summed E-state index contributed by atoms with van der Waals surface area (Å²) >= 11 is 0. The first-order chi connectivity index (χ1) is 9.20. The Morgan fingerprint density at radius 2 is 1.90 bits per heavy atom. The Bertz CT molecular complexity index is 573. The topological polar surface area (TPSA) is 46.2 Å². The lowest BCUT2D eigenvalue weighted by molar-refractivity contribution is 0.450. The normalized spacial score (nSPS) is 15.1. The number of rotatable bonds is 6. The van der Waals surface area contributed by atoms with Gasteiger partial charge in [-0.05, 0) is 38.4 Å². The average Bonchev–Trinajstić information content (AvgIpc) is 2.36. The zero-order valence-corrected chi connectivity index (χ0v) is 13.0. The third-order valence-corrected chi connectivity index (χ3v) is 5.01. The van der Waals surface area contributed by atoms with Crippen molar-refractivity contribution in [3.8, 4) is 0 Å². The summed E-state index contributed by atoms with van der Waals surface area (Å²) < 4.78 is 51.7. The molecule has 1 aromatic rings. The lowest BCUT2D eigenvalue weighted by Gasteiger charge is -2.25. The molecule has 0 saturated heterocycles. The van der Waals surface area contributed by atoms with Crippen molar-refractivity contribution < 1.29 is 17.2 Å². The van der Waals surface area contributed by atoms with Crippen LogP contribution in [0.4, 0.5) is 8.78 Å². The van der Waals surface area contributed by atoms with Crippen LogP contribution >= 0.6 is 0 Å². The molecule has 0 fully saturated rings. The number of nitrogens with one attached hydrogen (secondary N) is 1. The maximum atomic E-state index is 14.2. The average molecular weight is 305 g/mol. The fourth-order valence-electron chi connectivity index (χ4n) is 2.01. The van der Waals surface area contributed by atoms with Crippen LogP contribution in [0, 0.1) is 18.6 Å². The van der Waals surface area contributed by atoms with E-state index in [2.05, 4.69) is 5.32 Å². The molecule has 0 bridgehead atoms. The molecule has 114 valence electrons. The van der Waals surface area contributed by atoms with E-state index in [1.54, 1.807) is 0 Å². The van der Waals surface area contributed by atoms with Gasteiger partial charge in [0.15, 0.2) is 9.84 Å². The van der Waals surface area contributed by atoms with E-state index in [1.165, 1.54) is 26.0 Å². The Morgan fingerprint density at radius 1 is 1.30 bits per heavy atom. The second kappa shape index (κ2) is 6.63. The van der Waals surface area contributed by atoms with Gasteiger partial charge in [-0.2, -0.15) is 0 Å². The van der Waals surface area contributed by atoms with Gasteiger partial charge in [0.25, 0.3) is 0 Å². The molecule has 1 N–H and O–H groups in total. The van der Waals surface area contributed by atoms with Crippen LogP contribution in [0.25, 0.3) is 0 Å². The SMILES string of the molecule is CCCNC(c1c(F)ccc(C)c1F)C(C)S(C)(=O)=O. The van der Waals surface area contributed by atoms with Crippen LogP contribution in [0.5, 0.6) is 0 Å².